The minimum Gasteiger partial charge on any atom is -0.481 e. The zero-order valence-electron chi connectivity index (χ0n) is 15.3. The van der Waals surface area contributed by atoms with Crippen molar-refractivity contribution in [3.8, 4) is 0 Å². The maximum atomic E-state index is 12.3. The first-order chi connectivity index (χ1) is 12.0. The van der Waals surface area contributed by atoms with Gasteiger partial charge in [0.2, 0.25) is 0 Å². The molecule has 4 rings (SSSR count). The number of carbonyl (C=O) groups is 1. The van der Waals surface area contributed by atoms with Crippen molar-refractivity contribution >= 4 is 5.97 Å². The number of hydrogen-bond donors (Lipinski definition) is 1. The van der Waals surface area contributed by atoms with E-state index in [4.69, 9.17) is 0 Å². The molecular formula is C23H28O2. The fourth-order valence-corrected chi connectivity index (χ4v) is 5.99. The van der Waals surface area contributed by atoms with Crippen LogP contribution in [0.4, 0.5) is 0 Å². The van der Waals surface area contributed by atoms with Gasteiger partial charge in [-0.2, -0.15) is 0 Å². The number of fused-ring (bicyclic) bond motifs is 2. The van der Waals surface area contributed by atoms with Crippen LogP contribution in [-0.2, 0) is 10.2 Å². The third kappa shape index (κ3) is 2.58. The molecule has 0 spiro atoms. The van der Waals surface area contributed by atoms with Crippen molar-refractivity contribution in [1.29, 1.82) is 0 Å². The first-order valence-corrected chi connectivity index (χ1v) is 9.58. The van der Waals surface area contributed by atoms with Crippen LogP contribution in [-0.4, -0.2) is 11.1 Å². The average molecular weight is 336 g/mol. The molecule has 0 heterocycles. The van der Waals surface area contributed by atoms with Gasteiger partial charge >= 0.3 is 5.97 Å². The predicted octanol–water partition coefficient (Wildman–Crippen LogP) is 5.50. The minimum absolute atomic E-state index is 0.0506. The normalized spacial score (nSPS) is 37.8. The number of carboxylic acids is 1. The molecule has 4 unspecified atom stereocenters. The highest BCUT2D eigenvalue weighted by molar-refractivity contribution is 5.76. The highest BCUT2D eigenvalue weighted by Gasteiger charge is 2.63. The minimum atomic E-state index is -0.566. The van der Waals surface area contributed by atoms with Crippen molar-refractivity contribution in [3.05, 3.63) is 59.2 Å². The molecule has 25 heavy (non-hydrogen) atoms. The summed E-state index contributed by atoms with van der Waals surface area (Å²) in [5.41, 5.74) is 3.68. The maximum Gasteiger partial charge on any atom is 0.309 e. The summed E-state index contributed by atoms with van der Waals surface area (Å²) < 4.78 is 0. The standard InChI is InChI=1S/C23H28O2/c1-16(2)8-9-17-10-11-23(19-6-4-3-5-7-19)15-22(21(24)25)13-18(17)12-20(23)14-22/h3-9,18,20H,10-15H2,1-2H3,(H,24,25)/b17-9+. The summed E-state index contributed by atoms with van der Waals surface area (Å²) in [6.45, 7) is 4.25. The van der Waals surface area contributed by atoms with Gasteiger partial charge in [0.25, 0.3) is 0 Å². The van der Waals surface area contributed by atoms with Gasteiger partial charge in [0, 0.05) is 0 Å². The molecule has 2 nitrogen and oxygen atoms in total. The second-order valence-electron chi connectivity index (χ2n) is 8.81. The van der Waals surface area contributed by atoms with E-state index in [9.17, 15) is 9.90 Å². The van der Waals surface area contributed by atoms with E-state index in [-0.39, 0.29) is 5.41 Å². The van der Waals surface area contributed by atoms with Crippen LogP contribution in [0.25, 0.3) is 0 Å². The molecule has 3 fully saturated rings. The van der Waals surface area contributed by atoms with Gasteiger partial charge in [-0.1, -0.05) is 53.6 Å². The highest BCUT2D eigenvalue weighted by Crippen LogP contribution is 2.67. The molecular weight excluding hydrogens is 308 g/mol. The summed E-state index contributed by atoms with van der Waals surface area (Å²) in [7, 11) is 0. The summed E-state index contributed by atoms with van der Waals surface area (Å²) >= 11 is 0. The molecule has 0 aliphatic heterocycles. The van der Waals surface area contributed by atoms with Crippen molar-refractivity contribution in [1.82, 2.24) is 0 Å². The molecule has 1 N–H and O–H groups in total. The van der Waals surface area contributed by atoms with Gasteiger partial charge in [-0.05, 0) is 75.2 Å². The molecule has 2 heteroatoms. The molecule has 3 aliphatic rings. The summed E-state index contributed by atoms with van der Waals surface area (Å²) in [6, 6.07) is 10.8. The number of allylic oxidation sites excluding steroid dienone is 4. The molecule has 1 aromatic carbocycles. The van der Waals surface area contributed by atoms with E-state index < -0.39 is 11.4 Å². The lowest BCUT2D eigenvalue weighted by molar-refractivity contribution is -0.151. The van der Waals surface area contributed by atoms with Gasteiger partial charge in [0.05, 0.1) is 5.41 Å². The molecule has 0 radical (unpaired) electrons. The zero-order chi connectivity index (χ0) is 17.7. The van der Waals surface area contributed by atoms with Crippen LogP contribution < -0.4 is 0 Å². The second kappa shape index (κ2) is 5.86. The largest absolute Gasteiger partial charge is 0.481 e. The van der Waals surface area contributed by atoms with E-state index in [1.165, 1.54) is 16.7 Å². The Labute approximate surface area is 150 Å². The summed E-state index contributed by atoms with van der Waals surface area (Å²) in [6.07, 6.45) is 10.4. The van der Waals surface area contributed by atoms with Gasteiger partial charge in [0.15, 0.2) is 0 Å². The Morgan fingerprint density at radius 3 is 2.64 bits per heavy atom. The monoisotopic (exact) mass is 336 g/mol. The van der Waals surface area contributed by atoms with Gasteiger partial charge in [0.1, 0.15) is 0 Å². The number of rotatable bonds is 3. The van der Waals surface area contributed by atoms with Crippen molar-refractivity contribution in [2.75, 3.05) is 0 Å². The van der Waals surface area contributed by atoms with Gasteiger partial charge < -0.3 is 5.11 Å². The molecule has 132 valence electrons. The fourth-order valence-electron chi connectivity index (χ4n) is 5.99. The second-order valence-corrected chi connectivity index (χ2v) is 8.81. The van der Waals surface area contributed by atoms with Gasteiger partial charge in [-0.25, -0.2) is 0 Å². The summed E-state index contributed by atoms with van der Waals surface area (Å²) in [4.78, 5) is 12.3. The van der Waals surface area contributed by atoms with Crippen LogP contribution in [0.2, 0.25) is 0 Å². The molecule has 1 aromatic rings. The van der Waals surface area contributed by atoms with Gasteiger partial charge in [-0.15, -0.1) is 0 Å². The van der Waals surface area contributed by atoms with Crippen LogP contribution in [0.5, 0.6) is 0 Å². The molecule has 0 amide bonds. The van der Waals surface area contributed by atoms with Crippen molar-refractivity contribution in [2.24, 2.45) is 17.3 Å². The van der Waals surface area contributed by atoms with Crippen LogP contribution in [0.1, 0.15) is 57.9 Å². The first-order valence-electron chi connectivity index (χ1n) is 9.58. The quantitative estimate of drug-likeness (QED) is 0.791. The van der Waals surface area contributed by atoms with Gasteiger partial charge in [-0.3, -0.25) is 4.79 Å². The van der Waals surface area contributed by atoms with Crippen LogP contribution in [0.15, 0.2) is 53.6 Å². The Kier molecular flexibility index (Phi) is 3.90. The Bertz CT molecular complexity index is 741. The number of carboxylic acid groups (broad SMARTS) is 1. The lowest BCUT2D eigenvalue weighted by Gasteiger charge is -2.35. The van der Waals surface area contributed by atoms with E-state index in [1.807, 2.05) is 0 Å². The smallest absolute Gasteiger partial charge is 0.309 e. The van der Waals surface area contributed by atoms with E-state index in [0.29, 0.717) is 11.8 Å². The number of aliphatic carboxylic acids is 1. The Morgan fingerprint density at radius 2 is 1.96 bits per heavy atom. The van der Waals surface area contributed by atoms with Crippen molar-refractivity contribution < 1.29 is 9.90 Å². The van der Waals surface area contributed by atoms with Crippen LogP contribution in [0, 0.1) is 17.3 Å². The third-order valence-electron chi connectivity index (χ3n) is 7.10. The highest BCUT2D eigenvalue weighted by atomic mass is 16.4. The predicted molar refractivity (Wildman–Crippen MR) is 100 cm³/mol. The maximum absolute atomic E-state index is 12.3. The van der Waals surface area contributed by atoms with Crippen molar-refractivity contribution in [2.45, 2.75) is 57.8 Å². The number of benzene rings is 1. The molecule has 3 saturated carbocycles. The first kappa shape index (κ1) is 16.6. The van der Waals surface area contributed by atoms with Crippen molar-refractivity contribution in [3.63, 3.8) is 0 Å². The molecule has 3 bridgehead atoms. The van der Waals surface area contributed by atoms with E-state index >= 15 is 0 Å². The molecule has 3 aliphatic carbocycles. The molecule has 4 atom stereocenters. The molecule has 0 saturated heterocycles. The van der Waals surface area contributed by atoms with E-state index in [0.717, 1.165) is 38.5 Å². The lowest BCUT2D eigenvalue weighted by atomic mass is 9.68. The zero-order valence-corrected chi connectivity index (χ0v) is 15.3. The summed E-state index contributed by atoms with van der Waals surface area (Å²) in [5.74, 6) is 0.379. The Balaban J connectivity index is 1.81. The fraction of sp³-hybridized carbons (Fsp3) is 0.522. The SMILES string of the molecule is CC(C)=C/C=C1\CCC2(c3ccccc3)CC3(C(=O)O)CC1CC2C3. The lowest BCUT2D eigenvalue weighted by Crippen LogP contribution is -2.35. The summed E-state index contributed by atoms with van der Waals surface area (Å²) in [5, 5.41) is 10.1. The number of hydrogen-bond acceptors (Lipinski definition) is 1. The van der Waals surface area contributed by atoms with Crippen LogP contribution in [0.3, 0.4) is 0 Å². The van der Waals surface area contributed by atoms with Crippen LogP contribution >= 0.6 is 0 Å². The average Bonchev–Trinajstić information content (AvgIpc) is 2.77. The van der Waals surface area contributed by atoms with E-state index in [2.05, 4.69) is 56.3 Å². The topological polar surface area (TPSA) is 37.3 Å². The third-order valence-corrected chi connectivity index (χ3v) is 7.10. The van der Waals surface area contributed by atoms with E-state index in [1.54, 1.807) is 0 Å². The Hall–Kier alpha value is -1.83. The Morgan fingerprint density at radius 1 is 1.20 bits per heavy atom. The molecule has 0 aromatic heterocycles.